The van der Waals surface area contributed by atoms with Gasteiger partial charge >= 0.3 is 6.18 Å². The third-order valence-electron chi connectivity index (χ3n) is 4.12. The van der Waals surface area contributed by atoms with Crippen molar-refractivity contribution in [2.75, 3.05) is 0 Å². The molecule has 4 aromatic rings. The molecule has 0 aliphatic carbocycles. The molecule has 4 rings (SSSR count). The molecule has 0 amide bonds. The highest BCUT2D eigenvalue weighted by atomic mass is 19.4. The third-order valence-corrected chi connectivity index (χ3v) is 4.12. The molecule has 0 bridgehead atoms. The Labute approximate surface area is 143 Å². The zero-order valence-corrected chi connectivity index (χ0v) is 13.3. The molecule has 0 unspecified atom stereocenters. The molecule has 3 aromatic heterocycles. The van der Waals surface area contributed by atoms with Crippen LogP contribution in [-0.2, 0) is 13.2 Å². The van der Waals surface area contributed by atoms with Gasteiger partial charge < -0.3 is 0 Å². The van der Waals surface area contributed by atoms with Crippen LogP contribution in [0.5, 0.6) is 0 Å². The zero-order chi connectivity index (χ0) is 18.6. The Morgan fingerprint density at radius 1 is 1.12 bits per heavy atom. The van der Waals surface area contributed by atoms with Crippen molar-refractivity contribution < 1.29 is 17.6 Å². The second kappa shape index (κ2) is 5.38. The maximum Gasteiger partial charge on any atom is 0.433 e. The van der Waals surface area contributed by atoms with E-state index in [9.17, 15) is 22.4 Å². The van der Waals surface area contributed by atoms with E-state index in [4.69, 9.17) is 0 Å². The van der Waals surface area contributed by atoms with E-state index in [-0.39, 0.29) is 22.2 Å². The fraction of sp³-hybridized carbons (Fsp3) is 0.118. The van der Waals surface area contributed by atoms with Crippen molar-refractivity contribution in [3.05, 3.63) is 64.5 Å². The normalized spacial score (nSPS) is 12.2. The standard InChI is InChI=1S/C17H10F4N4O/c1-24-14-8-11(9-5-6-22-13(7-9)17(19,20)21)23-25(14)12-4-2-3-10(18)15(12)16(24)26/h2-8H,1H3. The van der Waals surface area contributed by atoms with Crippen molar-refractivity contribution in [3.63, 3.8) is 0 Å². The van der Waals surface area contributed by atoms with Gasteiger partial charge in [-0.25, -0.2) is 8.91 Å². The van der Waals surface area contributed by atoms with Gasteiger partial charge in [-0.2, -0.15) is 18.3 Å². The molecular formula is C17H10F4N4O. The first-order chi connectivity index (χ1) is 12.3. The smallest absolute Gasteiger partial charge is 0.296 e. The number of nitrogens with zero attached hydrogens (tertiary/aromatic N) is 4. The first kappa shape index (κ1) is 16.2. The van der Waals surface area contributed by atoms with Crippen LogP contribution in [0.15, 0.2) is 47.4 Å². The molecule has 5 nitrogen and oxygen atoms in total. The SMILES string of the molecule is Cn1c(=O)c2c(F)cccc2n2nc(-c3ccnc(C(F)(F)F)c3)cc12. The summed E-state index contributed by atoms with van der Waals surface area (Å²) in [5, 5.41) is 4.14. The summed E-state index contributed by atoms with van der Waals surface area (Å²) in [7, 11) is 1.45. The number of fused-ring (bicyclic) bond motifs is 3. The number of rotatable bonds is 1. The van der Waals surface area contributed by atoms with Crippen molar-refractivity contribution in [1.29, 1.82) is 0 Å². The highest BCUT2D eigenvalue weighted by Gasteiger charge is 2.32. The predicted octanol–water partition coefficient (Wildman–Crippen LogP) is 3.41. The first-order valence-electron chi connectivity index (χ1n) is 7.48. The van der Waals surface area contributed by atoms with Crippen LogP contribution in [0.3, 0.4) is 0 Å². The molecule has 0 fully saturated rings. The lowest BCUT2D eigenvalue weighted by Gasteiger charge is -2.06. The molecule has 26 heavy (non-hydrogen) atoms. The Balaban J connectivity index is 2.03. The summed E-state index contributed by atoms with van der Waals surface area (Å²) in [6.45, 7) is 0. The van der Waals surface area contributed by atoms with Gasteiger partial charge in [-0.3, -0.25) is 14.3 Å². The average Bonchev–Trinajstić information content (AvgIpc) is 3.05. The van der Waals surface area contributed by atoms with E-state index < -0.39 is 23.2 Å². The third kappa shape index (κ3) is 2.35. The van der Waals surface area contributed by atoms with E-state index in [1.165, 1.54) is 46.5 Å². The van der Waals surface area contributed by atoms with E-state index in [1.807, 2.05) is 0 Å². The predicted molar refractivity (Wildman–Crippen MR) is 86.1 cm³/mol. The topological polar surface area (TPSA) is 52.2 Å². The van der Waals surface area contributed by atoms with Gasteiger partial charge in [0.25, 0.3) is 5.56 Å². The van der Waals surface area contributed by atoms with Gasteiger partial charge in [-0.05, 0) is 24.3 Å². The van der Waals surface area contributed by atoms with Crippen LogP contribution in [0.2, 0.25) is 0 Å². The molecule has 0 saturated heterocycles. The summed E-state index contributed by atoms with van der Waals surface area (Å²) in [6, 6.07) is 7.86. The quantitative estimate of drug-likeness (QED) is 0.488. The van der Waals surface area contributed by atoms with E-state index in [0.717, 1.165) is 12.3 Å². The fourth-order valence-electron chi connectivity index (χ4n) is 2.85. The van der Waals surface area contributed by atoms with Crippen LogP contribution in [0.1, 0.15) is 5.69 Å². The van der Waals surface area contributed by atoms with Gasteiger partial charge in [0.1, 0.15) is 22.5 Å². The molecule has 132 valence electrons. The number of pyridine rings is 1. The van der Waals surface area contributed by atoms with Gasteiger partial charge in [-0.15, -0.1) is 0 Å². The molecule has 0 saturated carbocycles. The number of aryl methyl sites for hydroxylation is 1. The highest BCUT2D eigenvalue weighted by Crippen LogP contribution is 2.30. The maximum absolute atomic E-state index is 14.1. The van der Waals surface area contributed by atoms with Crippen LogP contribution in [0, 0.1) is 5.82 Å². The number of alkyl halides is 3. The van der Waals surface area contributed by atoms with Gasteiger partial charge in [-0.1, -0.05) is 6.07 Å². The second-order valence-corrected chi connectivity index (χ2v) is 5.73. The maximum atomic E-state index is 14.1. The molecular weight excluding hydrogens is 352 g/mol. The molecule has 0 radical (unpaired) electrons. The average molecular weight is 362 g/mol. The monoisotopic (exact) mass is 362 g/mol. The van der Waals surface area contributed by atoms with Gasteiger partial charge in [0.2, 0.25) is 0 Å². The van der Waals surface area contributed by atoms with Crippen LogP contribution in [0.25, 0.3) is 27.8 Å². The van der Waals surface area contributed by atoms with E-state index in [1.54, 1.807) is 0 Å². The van der Waals surface area contributed by atoms with Crippen molar-refractivity contribution in [1.82, 2.24) is 19.2 Å². The zero-order valence-electron chi connectivity index (χ0n) is 13.3. The Kier molecular flexibility index (Phi) is 3.36. The van der Waals surface area contributed by atoms with E-state index in [2.05, 4.69) is 10.1 Å². The summed E-state index contributed by atoms with van der Waals surface area (Å²) in [5.74, 6) is -0.690. The van der Waals surface area contributed by atoms with Gasteiger partial charge in [0.15, 0.2) is 0 Å². The molecule has 3 heterocycles. The van der Waals surface area contributed by atoms with Crippen LogP contribution in [-0.4, -0.2) is 19.2 Å². The summed E-state index contributed by atoms with van der Waals surface area (Å²) in [4.78, 5) is 15.7. The Morgan fingerprint density at radius 3 is 2.62 bits per heavy atom. The lowest BCUT2D eigenvalue weighted by atomic mass is 10.1. The minimum atomic E-state index is -4.59. The molecule has 1 aromatic carbocycles. The Morgan fingerprint density at radius 2 is 1.88 bits per heavy atom. The van der Waals surface area contributed by atoms with Crippen molar-refractivity contribution in [2.45, 2.75) is 6.18 Å². The molecule has 0 aliphatic heterocycles. The number of hydrogen-bond donors (Lipinski definition) is 0. The van der Waals surface area contributed by atoms with Crippen LogP contribution < -0.4 is 5.56 Å². The molecule has 0 N–H and O–H groups in total. The van der Waals surface area contributed by atoms with Gasteiger partial charge in [0.05, 0.1) is 11.2 Å². The number of aromatic nitrogens is 4. The largest absolute Gasteiger partial charge is 0.433 e. The number of halogens is 4. The van der Waals surface area contributed by atoms with Crippen molar-refractivity contribution in [2.24, 2.45) is 7.05 Å². The number of hydrogen-bond acceptors (Lipinski definition) is 3. The number of benzene rings is 1. The lowest BCUT2D eigenvalue weighted by Crippen LogP contribution is -2.20. The highest BCUT2D eigenvalue weighted by molar-refractivity contribution is 5.82. The van der Waals surface area contributed by atoms with Gasteiger partial charge in [0, 0.05) is 24.9 Å². The Bertz CT molecular complexity index is 1220. The van der Waals surface area contributed by atoms with Crippen LogP contribution >= 0.6 is 0 Å². The van der Waals surface area contributed by atoms with Crippen molar-refractivity contribution in [3.8, 4) is 11.3 Å². The molecule has 0 spiro atoms. The van der Waals surface area contributed by atoms with Crippen molar-refractivity contribution >= 4 is 16.6 Å². The van der Waals surface area contributed by atoms with Crippen LogP contribution in [0.4, 0.5) is 17.6 Å². The first-order valence-corrected chi connectivity index (χ1v) is 7.48. The summed E-state index contributed by atoms with van der Waals surface area (Å²) >= 11 is 0. The van der Waals surface area contributed by atoms with E-state index >= 15 is 0 Å². The molecule has 9 heteroatoms. The Hall–Kier alpha value is -3.23. The fourth-order valence-corrected chi connectivity index (χ4v) is 2.85. The summed E-state index contributed by atoms with van der Waals surface area (Å²) in [6.07, 6.45) is -3.54. The lowest BCUT2D eigenvalue weighted by molar-refractivity contribution is -0.141. The minimum absolute atomic E-state index is 0.136. The second-order valence-electron chi connectivity index (χ2n) is 5.73. The molecule has 0 aliphatic rings. The van der Waals surface area contributed by atoms with E-state index in [0.29, 0.717) is 5.65 Å². The summed E-state index contributed by atoms with van der Waals surface area (Å²) < 4.78 is 55.3. The molecule has 0 atom stereocenters. The summed E-state index contributed by atoms with van der Waals surface area (Å²) in [5.41, 5.74) is -0.634. The minimum Gasteiger partial charge on any atom is -0.296 e.